The molecule has 1 heterocycles. The molecule has 1 saturated heterocycles. The summed E-state index contributed by atoms with van der Waals surface area (Å²) in [5, 5.41) is 2.91. The Morgan fingerprint density at radius 2 is 2.24 bits per heavy atom. The maximum Gasteiger partial charge on any atom is 0.323 e. The van der Waals surface area contributed by atoms with Gasteiger partial charge in [-0.25, -0.2) is 0 Å². The molecule has 0 spiro atoms. The van der Waals surface area contributed by atoms with Crippen molar-refractivity contribution in [2.75, 3.05) is 20.2 Å². The molecule has 1 aliphatic heterocycles. The Balaban J connectivity index is 2.22. The zero-order chi connectivity index (χ0) is 12.8. The third-order valence-electron chi connectivity index (χ3n) is 3.25. The fraction of sp³-hybridized carbons (Fsp3) is 0.833. The fourth-order valence-electron chi connectivity index (χ4n) is 1.81. The number of likely N-dealkylation sites (tertiary alicyclic amines) is 1. The number of carbonyl (C=O) groups excluding carboxylic acids is 2. The number of esters is 1. The number of nitrogens with one attached hydrogen (secondary N) is 1. The number of ether oxygens (including phenoxy) is 1. The molecule has 5 heteroatoms. The molecular weight excluding hydrogens is 220 g/mol. The van der Waals surface area contributed by atoms with Crippen molar-refractivity contribution >= 4 is 11.9 Å². The molecule has 2 unspecified atom stereocenters. The van der Waals surface area contributed by atoms with Crippen molar-refractivity contribution in [3.05, 3.63) is 0 Å². The van der Waals surface area contributed by atoms with Crippen LogP contribution >= 0.6 is 0 Å². The molecule has 2 atom stereocenters. The Bertz CT molecular complexity index is 281. The van der Waals surface area contributed by atoms with Crippen molar-refractivity contribution in [1.82, 2.24) is 10.2 Å². The van der Waals surface area contributed by atoms with Crippen LogP contribution in [-0.4, -0.2) is 49.1 Å². The van der Waals surface area contributed by atoms with Gasteiger partial charge < -0.3 is 10.1 Å². The molecule has 5 nitrogen and oxygen atoms in total. The number of rotatable bonds is 6. The van der Waals surface area contributed by atoms with Gasteiger partial charge in [-0.05, 0) is 19.8 Å². The first kappa shape index (κ1) is 14.0. The van der Waals surface area contributed by atoms with Gasteiger partial charge in [-0.15, -0.1) is 0 Å². The van der Waals surface area contributed by atoms with E-state index >= 15 is 0 Å². The van der Waals surface area contributed by atoms with E-state index in [1.165, 1.54) is 7.11 Å². The van der Waals surface area contributed by atoms with Crippen molar-refractivity contribution in [2.45, 2.75) is 45.2 Å². The summed E-state index contributed by atoms with van der Waals surface area (Å²) in [6, 6.07) is 0.0756. The van der Waals surface area contributed by atoms with E-state index in [0.717, 1.165) is 19.4 Å². The molecule has 0 saturated carbocycles. The quantitative estimate of drug-likeness (QED) is 0.691. The largest absolute Gasteiger partial charge is 0.468 e. The van der Waals surface area contributed by atoms with E-state index in [-0.39, 0.29) is 24.0 Å². The number of methoxy groups -OCH3 is 1. The molecule has 1 aliphatic rings. The summed E-state index contributed by atoms with van der Waals surface area (Å²) in [4.78, 5) is 24.8. The highest BCUT2D eigenvalue weighted by Gasteiger charge is 2.34. The van der Waals surface area contributed by atoms with Crippen LogP contribution in [0.3, 0.4) is 0 Å². The van der Waals surface area contributed by atoms with E-state index in [2.05, 4.69) is 5.32 Å². The molecule has 1 N–H and O–H groups in total. The Morgan fingerprint density at radius 3 is 2.71 bits per heavy atom. The summed E-state index contributed by atoms with van der Waals surface area (Å²) in [6.07, 6.45) is 2.21. The van der Waals surface area contributed by atoms with Crippen molar-refractivity contribution in [3.8, 4) is 0 Å². The van der Waals surface area contributed by atoms with Crippen LogP contribution in [-0.2, 0) is 14.3 Å². The summed E-state index contributed by atoms with van der Waals surface area (Å²) < 4.78 is 4.69. The molecule has 98 valence electrons. The normalized spacial score (nSPS) is 21.5. The SMILES string of the molecule is CCC(C)NC(=O)CCN1CCC1C(=O)OC. The van der Waals surface area contributed by atoms with Crippen LogP contribution in [0.2, 0.25) is 0 Å². The molecular formula is C12H22N2O3. The summed E-state index contributed by atoms with van der Waals surface area (Å²) >= 11 is 0. The summed E-state index contributed by atoms with van der Waals surface area (Å²) in [7, 11) is 1.40. The lowest BCUT2D eigenvalue weighted by Crippen LogP contribution is -2.53. The number of nitrogens with zero attached hydrogens (tertiary/aromatic N) is 1. The highest BCUT2D eigenvalue weighted by atomic mass is 16.5. The van der Waals surface area contributed by atoms with E-state index < -0.39 is 0 Å². The molecule has 1 fully saturated rings. The van der Waals surface area contributed by atoms with Gasteiger partial charge in [-0.2, -0.15) is 0 Å². The molecule has 1 amide bonds. The summed E-state index contributed by atoms with van der Waals surface area (Å²) in [6.45, 7) is 5.52. The first-order chi connectivity index (χ1) is 8.08. The van der Waals surface area contributed by atoms with E-state index in [4.69, 9.17) is 4.74 Å². The lowest BCUT2D eigenvalue weighted by molar-refractivity contribution is -0.152. The van der Waals surface area contributed by atoms with Crippen LogP contribution in [0.4, 0.5) is 0 Å². The van der Waals surface area contributed by atoms with E-state index in [1.54, 1.807) is 0 Å². The van der Waals surface area contributed by atoms with Gasteiger partial charge in [0.25, 0.3) is 0 Å². The first-order valence-corrected chi connectivity index (χ1v) is 6.19. The minimum atomic E-state index is -0.196. The second kappa shape index (κ2) is 6.59. The monoisotopic (exact) mass is 242 g/mol. The van der Waals surface area contributed by atoms with Gasteiger partial charge in [0.2, 0.25) is 5.91 Å². The van der Waals surface area contributed by atoms with Gasteiger partial charge in [-0.1, -0.05) is 6.92 Å². The zero-order valence-electron chi connectivity index (χ0n) is 10.9. The predicted molar refractivity (Wildman–Crippen MR) is 64.5 cm³/mol. The first-order valence-electron chi connectivity index (χ1n) is 6.19. The molecule has 1 rings (SSSR count). The second-order valence-corrected chi connectivity index (χ2v) is 4.49. The van der Waals surface area contributed by atoms with Gasteiger partial charge >= 0.3 is 5.97 Å². The lowest BCUT2D eigenvalue weighted by atomic mass is 10.0. The van der Waals surface area contributed by atoms with E-state index in [1.807, 2.05) is 18.7 Å². The summed E-state index contributed by atoms with van der Waals surface area (Å²) in [5.41, 5.74) is 0. The highest BCUT2D eigenvalue weighted by molar-refractivity contribution is 5.78. The average Bonchev–Trinajstić information content (AvgIpc) is 2.27. The molecule has 0 bridgehead atoms. The minimum absolute atomic E-state index is 0.0508. The Hall–Kier alpha value is -1.10. The topological polar surface area (TPSA) is 58.6 Å². The Morgan fingerprint density at radius 1 is 1.53 bits per heavy atom. The van der Waals surface area contributed by atoms with Crippen LogP contribution in [0.5, 0.6) is 0 Å². The molecule has 0 radical (unpaired) electrons. The lowest BCUT2D eigenvalue weighted by Gasteiger charge is -2.38. The van der Waals surface area contributed by atoms with E-state index in [9.17, 15) is 9.59 Å². The second-order valence-electron chi connectivity index (χ2n) is 4.49. The standard InChI is InChI=1S/C12H22N2O3/c1-4-9(2)13-11(15)6-8-14-7-5-10(14)12(16)17-3/h9-10H,4-8H2,1-3H3,(H,13,15). The number of hydrogen-bond acceptors (Lipinski definition) is 4. The third kappa shape index (κ3) is 4.00. The number of hydrogen-bond donors (Lipinski definition) is 1. The van der Waals surface area contributed by atoms with Gasteiger partial charge in [0, 0.05) is 25.6 Å². The number of amides is 1. The molecule has 17 heavy (non-hydrogen) atoms. The van der Waals surface area contributed by atoms with Crippen LogP contribution in [0.25, 0.3) is 0 Å². The fourth-order valence-corrected chi connectivity index (χ4v) is 1.81. The van der Waals surface area contributed by atoms with Crippen molar-refractivity contribution < 1.29 is 14.3 Å². The van der Waals surface area contributed by atoms with Gasteiger partial charge in [0.1, 0.15) is 6.04 Å². The Kier molecular flexibility index (Phi) is 5.41. The van der Waals surface area contributed by atoms with Crippen molar-refractivity contribution in [1.29, 1.82) is 0 Å². The maximum absolute atomic E-state index is 11.5. The Labute approximate surface area is 102 Å². The van der Waals surface area contributed by atoms with Crippen LogP contribution in [0.1, 0.15) is 33.1 Å². The molecule has 0 aromatic carbocycles. The zero-order valence-corrected chi connectivity index (χ0v) is 10.9. The molecule has 0 aromatic heterocycles. The van der Waals surface area contributed by atoms with Crippen molar-refractivity contribution in [2.24, 2.45) is 0 Å². The van der Waals surface area contributed by atoms with Gasteiger partial charge in [0.15, 0.2) is 0 Å². The van der Waals surface area contributed by atoms with Crippen LogP contribution in [0.15, 0.2) is 0 Å². The smallest absolute Gasteiger partial charge is 0.323 e. The number of carbonyl (C=O) groups is 2. The minimum Gasteiger partial charge on any atom is -0.468 e. The van der Waals surface area contributed by atoms with Crippen LogP contribution in [0, 0.1) is 0 Å². The average molecular weight is 242 g/mol. The van der Waals surface area contributed by atoms with Crippen LogP contribution < -0.4 is 5.32 Å². The molecule has 0 aliphatic carbocycles. The highest BCUT2D eigenvalue weighted by Crippen LogP contribution is 2.18. The van der Waals surface area contributed by atoms with E-state index in [0.29, 0.717) is 13.0 Å². The summed E-state index contributed by atoms with van der Waals surface area (Å²) in [5.74, 6) is -0.145. The van der Waals surface area contributed by atoms with Gasteiger partial charge in [-0.3, -0.25) is 14.5 Å². The van der Waals surface area contributed by atoms with Crippen molar-refractivity contribution in [3.63, 3.8) is 0 Å². The third-order valence-corrected chi connectivity index (χ3v) is 3.25. The maximum atomic E-state index is 11.5. The van der Waals surface area contributed by atoms with Gasteiger partial charge in [0.05, 0.1) is 7.11 Å². The molecule has 0 aromatic rings. The predicted octanol–water partition coefficient (Wildman–Crippen LogP) is 0.539.